The molecule has 0 spiro atoms. The highest BCUT2D eigenvalue weighted by Crippen LogP contribution is 2.29. The van der Waals surface area contributed by atoms with Gasteiger partial charge in [-0.1, -0.05) is 54.6 Å². The molecule has 1 atom stereocenters. The molecule has 8 heteroatoms. The highest BCUT2D eigenvalue weighted by Gasteiger charge is 2.25. The summed E-state index contributed by atoms with van der Waals surface area (Å²) in [5.41, 5.74) is 7.49. The van der Waals surface area contributed by atoms with Gasteiger partial charge >= 0.3 is 0 Å². The van der Waals surface area contributed by atoms with Crippen LogP contribution in [0.4, 0.5) is 11.4 Å². The summed E-state index contributed by atoms with van der Waals surface area (Å²) in [6.45, 7) is 0. The van der Waals surface area contributed by atoms with Crippen LogP contribution >= 0.6 is 0 Å². The van der Waals surface area contributed by atoms with E-state index in [1.807, 2.05) is 6.07 Å². The lowest BCUT2D eigenvalue weighted by Gasteiger charge is -2.21. The minimum Gasteiger partial charge on any atom is -0.398 e. The van der Waals surface area contributed by atoms with E-state index in [0.717, 1.165) is 6.07 Å². The number of nitro benzene ring substituents is 1. The number of anilines is 1. The van der Waals surface area contributed by atoms with Crippen LogP contribution in [0.2, 0.25) is 0 Å². The van der Waals surface area contributed by atoms with Gasteiger partial charge in [-0.3, -0.25) is 10.1 Å². The van der Waals surface area contributed by atoms with E-state index >= 15 is 0 Å². The molecule has 7 nitrogen and oxygen atoms in total. The lowest BCUT2D eigenvalue weighted by molar-refractivity contribution is -0.385. The van der Waals surface area contributed by atoms with Crippen LogP contribution < -0.4 is 10.5 Å². The fourth-order valence-electron chi connectivity index (χ4n) is 2.72. The topological polar surface area (TPSA) is 115 Å². The van der Waals surface area contributed by atoms with E-state index in [4.69, 9.17) is 5.73 Å². The van der Waals surface area contributed by atoms with Crippen LogP contribution in [0.5, 0.6) is 0 Å². The van der Waals surface area contributed by atoms with Crippen LogP contribution in [-0.2, 0) is 10.0 Å². The van der Waals surface area contributed by atoms with Gasteiger partial charge < -0.3 is 5.73 Å². The largest absolute Gasteiger partial charge is 0.398 e. The van der Waals surface area contributed by atoms with Crippen molar-refractivity contribution in [2.24, 2.45) is 0 Å². The van der Waals surface area contributed by atoms with Gasteiger partial charge in [0, 0.05) is 17.8 Å². The van der Waals surface area contributed by atoms with Crippen molar-refractivity contribution in [1.29, 1.82) is 0 Å². The third-order valence-corrected chi connectivity index (χ3v) is 5.47. The zero-order valence-corrected chi connectivity index (χ0v) is 15.0. The Bertz CT molecular complexity index is 1070. The number of nitro groups is 1. The molecule has 0 aliphatic heterocycles. The van der Waals surface area contributed by atoms with Gasteiger partial charge in [-0.2, -0.15) is 4.72 Å². The molecule has 138 valence electrons. The zero-order valence-electron chi connectivity index (χ0n) is 14.1. The number of nitrogen functional groups attached to an aromatic ring is 1. The summed E-state index contributed by atoms with van der Waals surface area (Å²) in [6.07, 6.45) is 0. The number of para-hydroxylation sites is 1. The minimum atomic E-state index is -4.04. The predicted molar refractivity (Wildman–Crippen MR) is 103 cm³/mol. The number of nitrogens with two attached hydrogens (primary N) is 1. The maximum Gasteiger partial charge on any atom is 0.270 e. The first-order chi connectivity index (χ1) is 12.9. The zero-order chi connectivity index (χ0) is 19.4. The summed E-state index contributed by atoms with van der Waals surface area (Å²) in [7, 11) is -4.04. The van der Waals surface area contributed by atoms with Crippen molar-refractivity contribution < 1.29 is 13.3 Å². The first-order valence-electron chi connectivity index (χ1n) is 8.04. The summed E-state index contributed by atoms with van der Waals surface area (Å²) < 4.78 is 28.4. The molecule has 0 fully saturated rings. The van der Waals surface area contributed by atoms with Gasteiger partial charge in [-0.05, 0) is 23.3 Å². The van der Waals surface area contributed by atoms with Gasteiger partial charge in [0.2, 0.25) is 10.0 Å². The molecule has 0 saturated carbocycles. The van der Waals surface area contributed by atoms with Crippen LogP contribution in [0.15, 0.2) is 83.8 Å². The fourth-order valence-corrected chi connectivity index (χ4v) is 3.96. The number of nitrogens with zero attached hydrogens (tertiary/aromatic N) is 1. The van der Waals surface area contributed by atoms with Crippen molar-refractivity contribution in [2.45, 2.75) is 10.9 Å². The Morgan fingerprint density at radius 1 is 0.926 bits per heavy atom. The Kier molecular flexibility index (Phi) is 5.20. The smallest absolute Gasteiger partial charge is 0.270 e. The molecule has 0 heterocycles. The molecule has 0 unspecified atom stereocenters. The Hall–Kier alpha value is -3.23. The normalized spacial score (nSPS) is 12.4. The third-order valence-electron chi connectivity index (χ3n) is 4.05. The van der Waals surface area contributed by atoms with Crippen molar-refractivity contribution in [1.82, 2.24) is 4.72 Å². The van der Waals surface area contributed by atoms with Crippen LogP contribution in [0, 0.1) is 10.1 Å². The predicted octanol–water partition coefficient (Wildman–Crippen LogP) is 3.24. The lowest BCUT2D eigenvalue weighted by atomic mass is 9.98. The van der Waals surface area contributed by atoms with Crippen molar-refractivity contribution in [2.75, 3.05) is 5.73 Å². The summed E-state index contributed by atoms with van der Waals surface area (Å²) in [5, 5.41) is 11.0. The minimum absolute atomic E-state index is 0.188. The van der Waals surface area contributed by atoms with Crippen molar-refractivity contribution in [3.8, 4) is 0 Å². The molecule has 3 aromatic carbocycles. The molecule has 0 radical (unpaired) electrons. The molecular formula is C19H17N3O4S. The van der Waals surface area contributed by atoms with Gasteiger partial charge in [0.25, 0.3) is 5.69 Å². The first kappa shape index (κ1) is 18.6. The van der Waals surface area contributed by atoms with Crippen molar-refractivity contribution in [3.63, 3.8) is 0 Å². The number of non-ortho nitro benzene ring substituents is 1. The Morgan fingerprint density at radius 3 is 2.26 bits per heavy atom. The van der Waals surface area contributed by atoms with Crippen LogP contribution in [-0.4, -0.2) is 13.3 Å². The van der Waals surface area contributed by atoms with Gasteiger partial charge in [0.05, 0.1) is 15.9 Å². The highest BCUT2D eigenvalue weighted by molar-refractivity contribution is 7.89. The van der Waals surface area contributed by atoms with Gasteiger partial charge in [0.1, 0.15) is 0 Å². The number of hydrogen-bond acceptors (Lipinski definition) is 5. The van der Waals surface area contributed by atoms with Gasteiger partial charge in [0.15, 0.2) is 0 Å². The van der Waals surface area contributed by atoms with E-state index in [1.54, 1.807) is 48.5 Å². The van der Waals surface area contributed by atoms with E-state index in [-0.39, 0.29) is 10.6 Å². The fraction of sp³-hybridized carbons (Fsp3) is 0.0526. The maximum atomic E-state index is 12.9. The summed E-state index contributed by atoms with van der Waals surface area (Å²) in [4.78, 5) is 10.1. The van der Waals surface area contributed by atoms with Crippen molar-refractivity contribution >= 4 is 21.4 Å². The number of hydrogen-bond donors (Lipinski definition) is 2. The molecular weight excluding hydrogens is 366 g/mol. The number of sulfonamides is 1. The summed E-state index contributed by atoms with van der Waals surface area (Å²) in [5.74, 6) is 0. The van der Waals surface area contributed by atoms with Crippen LogP contribution in [0.25, 0.3) is 0 Å². The molecule has 0 amide bonds. The standard InChI is InChI=1S/C19H17N3O4S/c20-18-12-5-4-11-17(18)19(14-7-2-1-3-8-14)21-27(25,26)16-10-6-9-15(13-16)22(23)24/h1-13,19,21H,20H2/t19-/m1/s1. The second kappa shape index (κ2) is 7.56. The molecule has 0 aromatic heterocycles. The molecule has 3 rings (SSSR count). The average Bonchev–Trinajstić information content (AvgIpc) is 2.67. The van der Waals surface area contributed by atoms with E-state index in [2.05, 4.69) is 4.72 Å². The molecule has 0 aliphatic rings. The second-order valence-electron chi connectivity index (χ2n) is 5.85. The van der Waals surface area contributed by atoms with Crippen LogP contribution in [0.3, 0.4) is 0 Å². The second-order valence-corrected chi connectivity index (χ2v) is 7.56. The number of nitrogens with one attached hydrogen (secondary N) is 1. The summed E-state index contributed by atoms with van der Waals surface area (Å²) in [6, 6.07) is 20.1. The van der Waals surface area contributed by atoms with Gasteiger partial charge in [-0.15, -0.1) is 0 Å². The molecule has 0 aliphatic carbocycles. The van der Waals surface area contributed by atoms with E-state index < -0.39 is 21.0 Å². The molecule has 3 N–H and O–H groups in total. The molecule has 27 heavy (non-hydrogen) atoms. The summed E-state index contributed by atoms with van der Waals surface area (Å²) >= 11 is 0. The quantitative estimate of drug-likeness (QED) is 0.385. The third kappa shape index (κ3) is 4.13. The number of rotatable bonds is 6. The average molecular weight is 383 g/mol. The molecule has 3 aromatic rings. The highest BCUT2D eigenvalue weighted by atomic mass is 32.2. The van der Waals surface area contributed by atoms with Crippen molar-refractivity contribution in [3.05, 3.63) is 100 Å². The van der Waals surface area contributed by atoms with Gasteiger partial charge in [-0.25, -0.2) is 8.42 Å². The maximum absolute atomic E-state index is 12.9. The Labute approximate surface area is 156 Å². The molecule has 0 saturated heterocycles. The lowest BCUT2D eigenvalue weighted by Crippen LogP contribution is -2.30. The monoisotopic (exact) mass is 383 g/mol. The Morgan fingerprint density at radius 2 is 1.59 bits per heavy atom. The van der Waals surface area contributed by atoms with Crippen LogP contribution in [0.1, 0.15) is 17.2 Å². The first-order valence-corrected chi connectivity index (χ1v) is 9.53. The molecule has 0 bridgehead atoms. The Balaban J connectivity index is 2.05. The van der Waals surface area contributed by atoms with E-state index in [9.17, 15) is 18.5 Å². The SMILES string of the molecule is Nc1ccccc1[C@H](NS(=O)(=O)c1cccc([N+](=O)[O-])c1)c1ccccc1. The van der Waals surface area contributed by atoms with E-state index in [1.165, 1.54) is 18.2 Å². The number of benzene rings is 3. The van der Waals surface area contributed by atoms with E-state index in [0.29, 0.717) is 16.8 Å².